The quantitative estimate of drug-likeness (QED) is 0.755. The van der Waals surface area contributed by atoms with Crippen LogP contribution in [0, 0.1) is 12.7 Å². The van der Waals surface area contributed by atoms with Crippen LogP contribution < -0.4 is 5.32 Å². The number of H-pyrrole nitrogens is 1. The normalized spacial score (nSPS) is 11.9. The maximum absolute atomic E-state index is 13.8. The molecule has 0 unspecified atom stereocenters. The molecule has 0 radical (unpaired) electrons. The number of para-hydroxylation sites is 1. The van der Waals surface area contributed by atoms with Crippen molar-refractivity contribution in [2.45, 2.75) is 19.3 Å². The maximum Gasteiger partial charge on any atom is 0.235 e. The van der Waals surface area contributed by atoms with Crippen molar-refractivity contribution >= 4 is 11.6 Å². The summed E-state index contributed by atoms with van der Waals surface area (Å²) in [6, 6.07) is 13.8. The number of aromatic amines is 1. The van der Waals surface area contributed by atoms with Gasteiger partial charge in [-0.05, 0) is 31.0 Å². The molecular weight excluding hydrogens is 309 g/mol. The van der Waals surface area contributed by atoms with Crippen LogP contribution in [0.2, 0.25) is 0 Å². The van der Waals surface area contributed by atoms with E-state index in [1.165, 1.54) is 12.1 Å². The van der Waals surface area contributed by atoms with Crippen LogP contribution in [-0.2, 0) is 11.2 Å². The van der Waals surface area contributed by atoms with E-state index in [0.717, 1.165) is 11.1 Å². The number of tetrazole rings is 1. The van der Waals surface area contributed by atoms with Crippen LogP contribution in [-0.4, -0.2) is 26.5 Å². The Kier molecular flexibility index (Phi) is 4.60. The van der Waals surface area contributed by atoms with Crippen LogP contribution in [0.15, 0.2) is 48.5 Å². The van der Waals surface area contributed by atoms with Crippen LogP contribution in [0.4, 0.5) is 10.1 Å². The zero-order valence-electron chi connectivity index (χ0n) is 13.0. The molecule has 0 aliphatic carbocycles. The molecule has 1 atom stereocenters. The molecule has 0 aliphatic rings. The number of hydrogen-bond donors (Lipinski definition) is 2. The topological polar surface area (TPSA) is 83.6 Å². The fraction of sp³-hybridized carbons (Fsp3) is 0.176. The lowest BCUT2D eigenvalue weighted by atomic mass is 9.97. The molecule has 0 bridgehead atoms. The molecule has 1 heterocycles. The van der Waals surface area contributed by atoms with Crippen molar-refractivity contribution in [3.63, 3.8) is 0 Å². The minimum absolute atomic E-state index is 0.125. The largest absolute Gasteiger partial charge is 0.323 e. The summed E-state index contributed by atoms with van der Waals surface area (Å²) in [5, 5.41) is 16.3. The Bertz CT molecular complexity index is 817. The smallest absolute Gasteiger partial charge is 0.235 e. The molecule has 0 saturated carbocycles. The van der Waals surface area contributed by atoms with Gasteiger partial charge >= 0.3 is 0 Å². The van der Waals surface area contributed by atoms with E-state index < -0.39 is 11.7 Å². The van der Waals surface area contributed by atoms with Crippen molar-refractivity contribution < 1.29 is 9.18 Å². The molecule has 3 rings (SSSR count). The summed E-state index contributed by atoms with van der Waals surface area (Å²) in [6.07, 6.45) is 0.389. The second-order valence-electron chi connectivity index (χ2n) is 5.48. The molecule has 122 valence electrons. The lowest BCUT2D eigenvalue weighted by molar-refractivity contribution is -0.117. The molecule has 0 fully saturated rings. The average Bonchev–Trinajstić information content (AvgIpc) is 3.10. The Morgan fingerprint density at radius 3 is 2.62 bits per heavy atom. The fourth-order valence-electron chi connectivity index (χ4n) is 2.36. The number of nitrogens with zero attached hydrogens (tertiary/aromatic N) is 3. The molecule has 1 aromatic heterocycles. The van der Waals surface area contributed by atoms with Crippen molar-refractivity contribution in [1.29, 1.82) is 0 Å². The van der Waals surface area contributed by atoms with E-state index >= 15 is 0 Å². The molecule has 2 aromatic carbocycles. The van der Waals surface area contributed by atoms with Crippen LogP contribution in [0.1, 0.15) is 22.9 Å². The number of rotatable bonds is 5. The van der Waals surface area contributed by atoms with Gasteiger partial charge in [-0.1, -0.05) is 47.2 Å². The predicted molar refractivity (Wildman–Crippen MR) is 86.8 cm³/mol. The molecule has 2 N–H and O–H groups in total. The highest BCUT2D eigenvalue weighted by atomic mass is 19.1. The van der Waals surface area contributed by atoms with Crippen molar-refractivity contribution in [3.05, 3.63) is 71.3 Å². The van der Waals surface area contributed by atoms with Gasteiger partial charge in [0.25, 0.3) is 0 Å². The van der Waals surface area contributed by atoms with Crippen LogP contribution in [0.5, 0.6) is 0 Å². The highest BCUT2D eigenvalue weighted by Gasteiger charge is 2.26. The lowest BCUT2D eigenvalue weighted by Crippen LogP contribution is -2.24. The Hall–Kier alpha value is -3.09. The Morgan fingerprint density at radius 1 is 1.21 bits per heavy atom. The number of benzene rings is 2. The minimum atomic E-state index is -0.675. The lowest BCUT2D eigenvalue weighted by Gasteiger charge is -2.14. The van der Waals surface area contributed by atoms with Crippen LogP contribution >= 0.6 is 0 Å². The molecular formula is C17H16FN5O. The van der Waals surface area contributed by atoms with Gasteiger partial charge in [0.1, 0.15) is 11.7 Å². The molecule has 7 heteroatoms. The van der Waals surface area contributed by atoms with Gasteiger partial charge in [-0.15, -0.1) is 10.2 Å². The van der Waals surface area contributed by atoms with Gasteiger partial charge in [0, 0.05) is 0 Å². The van der Waals surface area contributed by atoms with E-state index in [1.807, 2.05) is 31.2 Å². The predicted octanol–water partition coefficient (Wildman–Crippen LogP) is 2.61. The summed E-state index contributed by atoms with van der Waals surface area (Å²) in [6.45, 7) is 1.99. The van der Waals surface area contributed by atoms with Gasteiger partial charge in [-0.2, -0.15) is 5.21 Å². The van der Waals surface area contributed by atoms with E-state index in [1.54, 1.807) is 12.1 Å². The van der Waals surface area contributed by atoms with Gasteiger partial charge in [-0.3, -0.25) is 4.79 Å². The number of aromatic nitrogens is 4. The van der Waals surface area contributed by atoms with Crippen molar-refractivity contribution in [3.8, 4) is 0 Å². The first-order valence-electron chi connectivity index (χ1n) is 7.48. The first-order chi connectivity index (χ1) is 11.6. The number of aryl methyl sites for hydroxylation is 1. The second-order valence-corrected chi connectivity index (χ2v) is 5.48. The fourth-order valence-corrected chi connectivity index (χ4v) is 2.36. The summed E-state index contributed by atoms with van der Waals surface area (Å²) >= 11 is 0. The number of nitrogens with one attached hydrogen (secondary N) is 2. The summed E-state index contributed by atoms with van der Waals surface area (Å²) in [7, 11) is 0. The van der Waals surface area contributed by atoms with Crippen molar-refractivity contribution in [2.24, 2.45) is 0 Å². The monoisotopic (exact) mass is 325 g/mol. The average molecular weight is 325 g/mol. The molecule has 3 aromatic rings. The third kappa shape index (κ3) is 3.62. The van der Waals surface area contributed by atoms with Gasteiger partial charge in [0.2, 0.25) is 5.91 Å². The van der Waals surface area contributed by atoms with Crippen LogP contribution in [0.3, 0.4) is 0 Å². The molecule has 0 saturated heterocycles. The van der Waals surface area contributed by atoms with E-state index in [0.29, 0.717) is 6.42 Å². The van der Waals surface area contributed by atoms with Gasteiger partial charge < -0.3 is 5.32 Å². The van der Waals surface area contributed by atoms with E-state index in [2.05, 4.69) is 25.9 Å². The highest BCUT2D eigenvalue weighted by molar-refractivity contribution is 5.95. The summed E-state index contributed by atoms with van der Waals surface area (Å²) in [5.41, 5.74) is 2.21. The van der Waals surface area contributed by atoms with Gasteiger partial charge in [-0.25, -0.2) is 4.39 Å². The number of halogens is 1. The van der Waals surface area contributed by atoms with Crippen molar-refractivity contribution in [2.75, 3.05) is 5.32 Å². The third-order valence-electron chi connectivity index (χ3n) is 3.68. The third-order valence-corrected chi connectivity index (χ3v) is 3.68. The zero-order valence-corrected chi connectivity index (χ0v) is 13.0. The van der Waals surface area contributed by atoms with E-state index in [-0.39, 0.29) is 17.4 Å². The molecule has 1 amide bonds. The molecule has 0 spiro atoms. The Morgan fingerprint density at radius 2 is 1.96 bits per heavy atom. The molecule has 0 aliphatic heterocycles. The number of carbonyl (C=O) groups is 1. The first-order valence-corrected chi connectivity index (χ1v) is 7.48. The standard InChI is InChI=1S/C17H16FN5O/c1-11-6-8-12(9-7-11)10-13(16-20-22-23-21-16)17(24)19-15-5-3-2-4-14(15)18/h2-9,13H,10H2,1H3,(H,19,24)(H,20,21,22,23)/t13-/m0/s1. The summed E-state index contributed by atoms with van der Waals surface area (Å²) in [4.78, 5) is 12.6. The summed E-state index contributed by atoms with van der Waals surface area (Å²) < 4.78 is 13.8. The minimum Gasteiger partial charge on any atom is -0.323 e. The summed E-state index contributed by atoms with van der Waals surface area (Å²) in [5.74, 6) is -1.29. The van der Waals surface area contributed by atoms with Gasteiger partial charge in [0.15, 0.2) is 5.82 Å². The van der Waals surface area contributed by atoms with E-state index in [4.69, 9.17) is 0 Å². The Balaban J connectivity index is 1.83. The highest BCUT2D eigenvalue weighted by Crippen LogP contribution is 2.21. The number of amides is 1. The second kappa shape index (κ2) is 6.99. The SMILES string of the molecule is Cc1ccc(C[C@H](C(=O)Nc2ccccc2F)c2nn[nH]n2)cc1. The molecule has 6 nitrogen and oxygen atoms in total. The van der Waals surface area contributed by atoms with Crippen LogP contribution in [0.25, 0.3) is 0 Å². The number of hydrogen-bond acceptors (Lipinski definition) is 4. The first kappa shape index (κ1) is 15.8. The maximum atomic E-state index is 13.8. The Labute approximate surface area is 138 Å². The van der Waals surface area contributed by atoms with E-state index in [9.17, 15) is 9.18 Å². The van der Waals surface area contributed by atoms with Gasteiger partial charge in [0.05, 0.1) is 5.69 Å². The molecule has 24 heavy (non-hydrogen) atoms. The zero-order chi connectivity index (χ0) is 16.9. The van der Waals surface area contributed by atoms with Crippen molar-refractivity contribution in [1.82, 2.24) is 20.6 Å². The number of anilines is 1. The number of carbonyl (C=O) groups excluding carboxylic acids is 1.